The lowest BCUT2D eigenvalue weighted by atomic mass is 10.3. The van der Waals surface area contributed by atoms with Crippen LogP contribution in [0.25, 0.3) is 11.0 Å². The highest BCUT2D eigenvalue weighted by molar-refractivity contribution is 6.33. The summed E-state index contributed by atoms with van der Waals surface area (Å²) in [6.45, 7) is 1.87. The highest BCUT2D eigenvalue weighted by atomic mass is 35.5. The van der Waals surface area contributed by atoms with Gasteiger partial charge in [0.15, 0.2) is 5.69 Å². The second-order valence-electron chi connectivity index (χ2n) is 3.01. The lowest BCUT2D eigenvalue weighted by Gasteiger charge is -1.97. The van der Waals surface area contributed by atoms with Gasteiger partial charge in [-0.2, -0.15) is 0 Å². The molecular weight excluding hydrogens is 204 g/mol. The van der Waals surface area contributed by atoms with E-state index >= 15 is 0 Å². The molecule has 0 aliphatic heterocycles. The van der Waals surface area contributed by atoms with Crippen molar-refractivity contribution in [2.75, 3.05) is 0 Å². The van der Waals surface area contributed by atoms with Gasteiger partial charge in [-0.3, -0.25) is 0 Å². The highest BCUT2D eigenvalue weighted by Crippen LogP contribution is 2.21. The molecule has 0 spiro atoms. The van der Waals surface area contributed by atoms with Crippen LogP contribution < -0.4 is 0 Å². The number of aromatic amines is 1. The number of aromatic carboxylic acids is 1. The van der Waals surface area contributed by atoms with Gasteiger partial charge < -0.3 is 10.1 Å². The van der Waals surface area contributed by atoms with E-state index in [1.54, 1.807) is 6.07 Å². The van der Waals surface area contributed by atoms with Gasteiger partial charge in [-0.05, 0) is 19.1 Å². The molecule has 0 aliphatic carbocycles. The molecule has 72 valence electrons. The maximum Gasteiger partial charge on any atom is 0.356 e. The van der Waals surface area contributed by atoms with E-state index in [1.165, 1.54) is 0 Å². The van der Waals surface area contributed by atoms with Crippen molar-refractivity contribution in [1.29, 1.82) is 0 Å². The van der Waals surface area contributed by atoms with E-state index in [0.717, 1.165) is 11.1 Å². The Morgan fingerprint density at radius 1 is 1.57 bits per heavy atom. The number of rotatable bonds is 1. The Bertz CT molecular complexity index is 519. The smallest absolute Gasteiger partial charge is 0.356 e. The first kappa shape index (κ1) is 9.02. The molecule has 2 rings (SSSR count). The molecule has 2 N–H and O–H groups in total. The van der Waals surface area contributed by atoms with Gasteiger partial charge in [0, 0.05) is 11.1 Å². The molecule has 0 fully saturated rings. The first-order valence-corrected chi connectivity index (χ1v) is 4.35. The standard InChI is InChI=1S/C9H7ClN2O2/c1-4-2-5-3-6(10)7(9(13)14)12-8(5)11-4/h2-3H,1H3,(H,11,12)(H,13,14). The van der Waals surface area contributed by atoms with E-state index in [4.69, 9.17) is 16.7 Å². The van der Waals surface area contributed by atoms with E-state index in [0.29, 0.717) is 5.65 Å². The minimum Gasteiger partial charge on any atom is -0.476 e. The number of hydrogen-bond acceptors (Lipinski definition) is 2. The molecule has 0 aromatic carbocycles. The van der Waals surface area contributed by atoms with Crippen molar-refractivity contribution >= 4 is 28.6 Å². The van der Waals surface area contributed by atoms with Crippen LogP contribution in [0.15, 0.2) is 12.1 Å². The van der Waals surface area contributed by atoms with Crippen LogP contribution in [0.1, 0.15) is 16.2 Å². The first-order chi connectivity index (χ1) is 6.58. The lowest BCUT2D eigenvalue weighted by Crippen LogP contribution is -2.01. The maximum atomic E-state index is 10.7. The van der Waals surface area contributed by atoms with E-state index in [1.807, 2.05) is 13.0 Å². The van der Waals surface area contributed by atoms with Crippen molar-refractivity contribution in [2.24, 2.45) is 0 Å². The largest absolute Gasteiger partial charge is 0.476 e. The predicted octanol–water partition coefficient (Wildman–Crippen LogP) is 2.22. The molecule has 2 heterocycles. The van der Waals surface area contributed by atoms with Crippen molar-refractivity contribution in [3.63, 3.8) is 0 Å². The van der Waals surface area contributed by atoms with Crippen LogP contribution in [0.2, 0.25) is 5.02 Å². The molecule has 0 aliphatic rings. The van der Waals surface area contributed by atoms with Crippen LogP contribution in [0, 0.1) is 6.92 Å². The summed E-state index contributed by atoms with van der Waals surface area (Å²) < 4.78 is 0. The van der Waals surface area contributed by atoms with Crippen LogP contribution in [-0.4, -0.2) is 21.0 Å². The van der Waals surface area contributed by atoms with Crippen molar-refractivity contribution in [3.05, 3.63) is 28.5 Å². The Hall–Kier alpha value is -1.55. The average Bonchev–Trinajstić information content (AvgIpc) is 2.42. The van der Waals surface area contributed by atoms with Crippen molar-refractivity contribution in [2.45, 2.75) is 6.92 Å². The number of carbonyl (C=O) groups is 1. The fourth-order valence-electron chi connectivity index (χ4n) is 1.32. The Morgan fingerprint density at radius 3 is 2.93 bits per heavy atom. The van der Waals surface area contributed by atoms with E-state index in [-0.39, 0.29) is 10.7 Å². The third-order valence-corrected chi connectivity index (χ3v) is 2.18. The summed E-state index contributed by atoms with van der Waals surface area (Å²) in [4.78, 5) is 17.6. The number of halogens is 1. The summed E-state index contributed by atoms with van der Waals surface area (Å²) in [6.07, 6.45) is 0. The molecule has 0 unspecified atom stereocenters. The van der Waals surface area contributed by atoms with Gasteiger partial charge in [-0.25, -0.2) is 9.78 Å². The highest BCUT2D eigenvalue weighted by Gasteiger charge is 2.12. The molecule has 2 aromatic heterocycles. The maximum absolute atomic E-state index is 10.7. The number of H-pyrrole nitrogens is 1. The number of carboxylic acids is 1. The number of nitrogens with one attached hydrogen (secondary N) is 1. The zero-order valence-corrected chi connectivity index (χ0v) is 8.09. The van der Waals surface area contributed by atoms with Crippen LogP contribution in [0.3, 0.4) is 0 Å². The van der Waals surface area contributed by atoms with E-state index in [9.17, 15) is 4.79 Å². The van der Waals surface area contributed by atoms with Crippen LogP contribution in [-0.2, 0) is 0 Å². The summed E-state index contributed by atoms with van der Waals surface area (Å²) in [5.41, 5.74) is 1.34. The normalized spacial score (nSPS) is 10.7. The summed E-state index contributed by atoms with van der Waals surface area (Å²) in [5, 5.41) is 9.74. The number of aromatic nitrogens is 2. The lowest BCUT2D eigenvalue weighted by molar-refractivity contribution is 0.0691. The third-order valence-electron chi connectivity index (χ3n) is 1.90. The third kappa shape index (κ3) is 1.33. The predicted molar refractivity (Wildman–Crippen MR) is 52.8 cm³/mol. The summed E-state index contributed by atoms with van der Waals surface area (Å²) >= 11 is 5.75. The SMILES string of the molecule is Cc1cc2cc(Cl)c(C(=O)O)nc2[nH]1. The molecule has 0 radical (unpaired) electrons. The second kappa shape index (κ2) is 2.99. The van der Waals surface area contributed by atoms with Gasteiger partial charge in [-0.15, -0.1) is 0 Å². The van der Waals surface area contributed by atoms with Crippen LogP contribution in [0.5, 0.6) is 0 Å². The molecule has 0 atom stereocenters. The molecular formula is C9H7ClN2O2. The zero-order chi connectivity index (χ0) is 10.3. The quantitative estimate of drug-likeness (QED) is 0.759. The average molecular weight is 211 g/mol. The number of aryl methyl sites for hydroxylation is 1. The number of hydrogen-bond donors (Lipinski definition) is 2. The van der Waals surface area contributed by atoms with Crippen LogP contribution in [0.4, 0.5) is 0 Å². The summed E-state index contributed by atoms with van der Waals surface area (Å²) in [6, 6.07) is 3.46. The monoisotopic (exact) mass is 210 g/mol. The molecule has 4 nitrogen and oxygen atoms in total. The van der Waals surface area contributed by atoms with Crippen molar-refractivity contribution < 1.29 is 9.90 Å². The van der Waals surface area contributed by atoms with E-state index < -0.39 is 5.97 Å². The number of nitrogens with zero attached hydrogens (tertiary/aromatic N) is 1. The van der Waals surface area contributed by atoms with Gasteiger partial charge in [-0.1, -0.05) is 11.6 Å². The Morgan fingerprint density at radius 2 is 2.29 bits per heavy atom. The molecule has 5 heteroatoms. The van der Waals surface area contributed by atoms with Gasteiger partial charge in [0.25, 0.3) is 0 Å². The Balaban J connectivity index is 2.76. The Labute approximate surface area is 84.5 Å². The minimum absolute atomic E-state index is 0.124. The van der Waals surface area contributed by atoms with Gasteiger partial charge in [0.05, 0.1) is 5.02 Å². The summed E-state index contributed by atoms with van der Waals surface area (Å²) in [5.74, 6) is -1.12. The number of fused-ring (bicyclic) bond motifs is 1. The fourth-order valence-corrected chi connectivity index (χ4v) is 1.56. The van der Waals surface area contributed by atoms with Gasteiger partial charge in [0.1, 0.15) is 5.65 Å². The molecule has 0 bridgehead atoms. The number of carboxylic acid groups (broad SMARTS) is 1. The molecule has 0 saturated carbocycles. The zero-order valence-electron chi connectivity index (χ0n) is 7.34. The van der Waals surface area contributed by atoms with E-state index in [2.05, 4.69) is 9.97 Å². The van der Waals surface area contributed by atoms with Gasteiger partial charge >= 0.3 is 5.97 Å². The second-order valence-corrected chi connectivity index (χ2v) is 3.42. The minimum atomic E-state index is -1.12. The van der Waals surface area contributed by atoms with Gasteiger partial charge in [0.2, 0.25) is 0 Å². The van der Waals surface area contributed by atoms with Crippen LogP contribution >= 0.6 is 11.6 Å². The molecule has 14 heavy (non-hydrogen) atoms. The van der Waals surface area contributed by atoms with Crippen molar-refractivity contribution in [3.8, 4) is 0 Å². The number of pyridine rings is 1. The topological polar surface area (TPSA) is 66.0 Å². The van der Waals surface area contributed by atoms with Crippen molar-refractivity contribution in [1.82, 2.24) is 9.97 Å². The molecule has 0 amide bonds. The summed E-state index contributed by atoms with van der Waals surface area (Å²) in [7, 11) is 0. The molecule has 0 saturated heterocycles. The fraction of sp³-hybridized carbons (Fsp3) is 0.111. The first-order valence-electron chi connectivity index (χ1n) is 3.97. The molecule has 2 aromatic rings. The Kier molecular flexibility index (Phi) is 1.93.